The first-order valence-corrected chi connectivity index (χ1v) is 29.9. The number of unbranched alkanes of at least 4 members (excludes halogenated alkanes) is 39. The summed E-state index contributed by atoms with van der Waals surface area (Å²) in [7, 11) is 5.97. The molecule has 0 spiro atoms. The molecule has 0 heterocycles. The number of rotatable bonds is 56. The molecule has 2 unspecified atom stereocenters. The molecule has 0 aromatic heterocycles. The van der Waals surface area contributed by atoms with Crippen molar-refractivity contribution in [1.29, 1.82) is 0 Å². The fraction of sp³-hybridized carbons (Fsp3) is 0.917. The van der Waals surface area contributed by atoms with Crippen molar-refractivity contribution in [3.63, 3.8) is 0 Å². The number of ether oxygens (including phenoxy) is 4. The normalized spacial score (nSPS) is 12.8. The van der Waals surface area contributed by atoms with Crippen LogP contribution in [0.15, 0.2) is 12.2 Å². The van der Waals surface area contributed by atoms with Gasteiger partial charge in [-0.3, -0.25) is 9.59 Å². The van der Waals surface area contributed by atoms with Crippen molar-refractivity contribution < 1.29 is 42.9 Å². The topological polar surface area (TPSA) is 108 Å². The third kappa shape index (κ3) is 53.7. The Balaban J connectivity index is 4.11. The lowest BCUT2D eigenvalue weighted by Gasteiger charge is -2.25. The molecule has 0 aliphatic heterocycles. The minimum absolute atomic E-state index is 0.179. The lowest BCUT2D eigenvalue weighted by molar-refractivity contribution is -0.870. The van der Waals surface area contributed by atoms with Crippen LogP contribution in [0.5, 0.6) is 0 Å². The number of hydrogen-bond acceptors (Lipinski definition) is 7. The van der Waals surface area contributed by atoms with Crippen LogP contribution in [0.4, 0.5) is 0 Å². The van der Waals surface area contributed by atoms with Gasteiger partial charge in [-0.2, -0.15) is 0 Å². The largest absolute Gasteiger partial charge is 0.477 e. The van der Waals surface area contributed by atoms with E-state index < -0.39 is 24.3 Å². The average Bonchev–Trinajstić information content (AvgIpc) is 3.31. The number of quaternary nitrogens is 1. The first kappa shape index (κ1) is 67.0. The fourth-order valence-electron chi connectivity index (χ4n) is 8.89. The third-order valence-corrected chi connectivity index (χ3v) is 13.5. The van der Waals surface area contributed by atoms with Gasteiger partial charge in [0.05, 0.1) is 34.4 Å². The van der Waals surface area contributed by atoms with Gasteiger partial charge in [0.2, 0.25) is 0 Å². The molecule has 0 saturated heterocycles. The number of carbonyl (C=O) groups is 3. The second-order valence-corrected chi connectivity index (χ2v) is 21.7. The number of likely N-dealkylation sites (N-methyl/N-ethyl adjacent to an activating group) is 1. The molecule has 9 nitrogen and oxygen atoms in total. The van der Waals surface area contributed by atoms with Crippen LogP contribution in [-0.4, -0.2) is 87.4 Å². The zero-order valence-electron chi connectivity index (χ0n) is 46.5. The van der Waals surface area contributed by atoms with Gasteiger partial charge in [0.15, 0.2) is 6.10 Å². The number of carbonyl (C=O) groups excluding carboxylic acids is 2. The zero-order valence-corrected chi connectivity index (χ0v) is 46.5. The minimum Gasteiger partial charge on any atom is -0.477 e. The van der Waals surface area contributed by atoms with Crippen molar-refractivity contribution in [1.82, 2.24) is 0 Å². The summed E-state index contributed by atoms with van der Waals surface area (Å²) in [5.41, 5.74) is 0. The smallest absolute Gasteiger partial charge is 0.361 e. The lowest BCUT2D eigenvalue weighted by atomic mass is 10.0. The van der Waals surface area contributed by atoms with E-state index in [1.165, 1.54) is 212 Å². The van der Waals surface area contributed by atoms with Crippen molar-refractivity contribution in [3.8, 4) is 0 Å². The number of carboxylic acids is 1. The summed E-state index contributed by atoms with van der Waals surface area (Å²) >= 11 is 0. The van der Waals surface area contributed by atoms with E-state index >= 15 is 0 Å². The van der Waals surface area contributed by atoms with Crippen LogP contribution in [0.25, 0.3) is 0 Å². The van der Waals surface area contributed by atoms with Crippen LogP contribution in [-0.2, 0) is 33.3 Å². The van der Waals surface area contributed by atoms with Crippen molar-refractivity contribution >= 4 is 17.9 Å². The first-order chi connectivity index (χ1) is 33.6. The Labute approximate surface area is 427 Å². The second-order valence-electron chi connectivity index (χ2n) is 21.7. The molecule has 9 heteroatoms. The maximum Gasteiger partial charge on any atom is 0.361 e. The highest BCUT2D eigenvalue weighted by Crippen LogP contribution is 2.18. The molecule has 0 amide bonds. The van der Waals surface area contributed by atoms with E-state index in [0.29, 0.717) is 23.9 Å². The van der Waals surface area contributed by atoms with Gasteiger partial charge in [-0.25, -0.2) is 4.79 Å². The molecule has 0 fully saturated rings. The summed E-state index contributed by atoms with van der Waals surface area (Å²) < 4.78 is 22.9. The molecule has 0 aromatic rings. The van der Waals surface area contributed by atoms with Gasteiger partial charge in [0, 0.05) is 12.8 Å². The van der Waals surface area contributed by atoms with E-state index in [2.05, 4.69) is 26.0 Å². The van der Waals surface area contributed by atoms with Gasteiger partial charge in [-0.05, 0) is 38.5 Å². The standard InChI is InChI=1S/C60H115NO8/c1-6-8-10-12-14-16-18-20-22-24-25-26-27-28-29-30-31-32-33-34-35-37-38-40-42-44-46-48-50-57(62)67-54-56(55-68-60(59(64)65)66-53-52-61(3,4)5)69-58(63)51-49-47-45-43-41-39-36-23-21-19-17-15-13-11-9-7-2/h23,36,56,60H,6-22,24-35,37-55H2,1-5H3/p+1/b36-23-. The van der Waals surface area contributed by atoms with Gasteiger partial charge < -0.3 is 28.5 Å². The lowest BCUT2D eigenvalue weighted by Crippen LogP contribution is -2.40. The third-order valence-electron chi connectivity index (χ3n) is 13.5. The Hall–Kier alpha value is -1.97. The SMILES string of the molecule is CCCCCCCCC/C=C\CCCCCCCC(=O)OC(COC(=O)CCCCCCCCCCCCCCCCCCCCCCCCCCCCCC)COC(OCC[N+](C)(C)C)C(=O)O. The van der Waals surface area contributed by atoms with Crippen molar-refractivity contribution in [3.05, 3.63) is 12.2 Å². The summed E-state index contributed by atoms with van der Waals surface area (Å²) in [6, 6.07) is 0. The molecule has 0 bridgehead atoms. The van der Waals surface area contributed by atoms with Crippen LogP contribution in [0.2, 0.25) is 0 Å². The van der Waals surface area contributed by atoms with Gasteiger partial charge >= 0.3 is 17.9 Å². The number of allylic oxidation sites excluding steroid dienone is 2. The molecule has 0 rings (SSSR count). The van der Waals surface area contributed by atoms with E-state index in [4.69, 9.17) is 18.9 Å². The van der Waals surface area contributed by atoms with Crippen LogP contribution in [0, 0.1) is 0 Å². The molecule has 1 N–H and O–H groups in total. The van der Waals surface area contributed by atoms with Crippen LogP contribution in [0.1, 0.15) is 296 Å². The molecule has 0 aliphatic carbocycles. The van der Waals surface area contributed by atoms with Gasteiger partial charge in [0.1, 0.15) is 13.2 Å². The predicted molar refractivity (Wildman–Crippen MR) is 291 cm³/mol. The summed E-state index contributed by atoms with van der Waals surface area (Å²) in [4.78, 5) is 37.4. The minimum atomic E-state index is -1.51. The maximum atomic E-state index is 12.8. The molecule has 0 saturated carbocycles. The van der Waals surface area contributed by atoms with E-state index in [1.807, 2.05) is 21.1 Å². The van der Waals surface area contributed by atoms with E-state index in [9.17, 15) is 19.5 Å². The molecule has 408 valence electrons. The predicted octanol–water partition coefficient (Wildman–Crippen LogP) is 17.4. The Kier molecular flexibility index (Phi) is 50.9. The average molecular weight is 980 g/mol. The number of aliphatic carboxylic acids is 1. The molecule has 69 heavy (non-hydrogen) atoms. The number of carboxylic acid groups (broad SMARTS) is 1. The monoisotopic (exact) mass is 979 g/mol. The van der Waals surface area contributed by atoms with Crippen LogP contribution in [0.3, 0.4) is 0 Å². The molecular weight excluding hydrogens is 863 g/mol. The fourth-order valence-corrected chi connectivity index (χ4v) is 8.89. The summed E-state index contributed by atoms with van der Waals surface area (Å²) in [5, 5.41) is 9.69. The Morgan fingerprint density at radius 2 is 0.739 bits per heavy atom. The first-order valence-electron chi connectivity index (χ1n) is 29.9. The second kappa shape index (κ2) is 52.4. The number of hydrogen-bond donors (Lipinski definition) is 1. The molecule has 0 aromatic carbocycles. The van der Waals surface area contributed by atoms with Crippen molar-refractivity contribution in [2.45, 2.75) is 309 Å². The Morgan fingerprint density at radius 1 is 0.420 bits per heavy atom. The molecular formula is C60H116NO8+. The Bertz CT molecular complexity index is 1140. The highest BCUT2D eigenvalue weighted by molar-refractivity contribution is 5.71. The van der Waals surface area contributed by atoms with Gasteiger partial charge in [-0.15, -0.1) is 0 Å². The number of nitrogens with zero attached hydrogens (tertiary/aromatic N) is 1. The molecule has 0 aliphatic rings. The highest BCUT2D eigenvalue weighted by atomic mass is 16.7. The summed E-state index contributed by atoms with van der Waals surface area (Å²) in [6.45, 7) is 4.92. The Morgan fingerprint density at radius 3 is 1.07 bits per heavy atom. The van der Waals surface area contributed by atoms with Gasteiger partial charge in [0.25, 0.3) is 6.29 Å². The maximum absolute atomic E-state index is 12.8. The zero-order chi connectivity index (χ0) is 50.6. The summed E-state index contributed by atoms with van der Waals surface area (Å²) in [5.74, 6) is -1.99. The van der Waals surface area contributed by atoms with Crippen LogP contribution >= 0.6 is 0 Å². The van der Waals surface area contributed by atoms with Crippen molar-refractivity contribution in [2.75, 3.05) is 47.5 Å². The van der Waals surface area contributed by atoms with E-state index in [0.717, 1.165) is 51.4 Å². The molecule has 0 radical (unpaired) electrons. The quantitative estimate of drug-likeness (QED) is 0.0211. The number of esters is 2. The van der Waals surface area contributed by atoms with Gasteiger partial charge in [-0.1, -0.05) is 257 Å². The van der Waals surface area contributed by atoms with Crippen molar-refractivity contribution in [2.24, 2.45) is 0 Å². The van der Waals surface area contributed by atoms with E-state index in [1.54, 1.807) is 0 Å². The molecule has 2 atom stereocenters. The summed E-state index contributed by atoms with van der Waals surface area (Å²) in [6.07, 6.45) is 57.3. The van der Waals surface area contributed by atoms with Crippen LogP contribution < -0.4 is 0 Å². The van der Waals surface area contributed by atoms with E-state index in [-0.39, 0.29) is 32.2 Å². The highest BCUT2D eigenvalue weighted by Gasteiger charge is 2.25.